The topological polar surface area (TPSA) is 85.4 Å². The van der Waals surface area contributed by atoms with Crippen LogP contribution in [0.5, 0.6) is 5.75 Å². The lowest BCUT2D eigenvalue weighted by Gasteiger charge is -2.12. The fourth-order valence-electron chi connectivity index (χ4n) is 3.27. The molecule has 0 unspecified atom stereocenters. The zero-order chi connectivity index (χ0) is 21.9. The smallest absolute Gasteiger partial charge is 0.175 e. The van der Waals surface area contributed by atoms with Crippen molar-refractivity contribution in [2.24, 2.45) is 0 Å². The minimum Gasteiger partial charge on any atom is -0.497 e. The van der Waals surface area contributed by atoms with E-state index in [2.05, 4.69) is 10.6 Å². The second-order valence-corrected chi connectivity index (χ2v) is 7.29. The molecule has 7 nitrogen and oxygen atoms in total. The average Bonchev–Trinajstić information content (AvgIpc) is 3.53. The van der Waals surface area contributed by atoms with Gasteiger partial charge in [0.25, 0.3) is 0 Å². The first-order valence-corrected chi connectivity index (χ1v) is 10.2. The molecule has 0 radical (unpaired) electrons. The van der Waals surface area contributed by atoms with Gasteiger partial charge >= 0.3 is 0 Å². The Morgan fingerprint density at radius 2 is 1.38 bits per heavy atom. The lowest BCUT2D eigenvalue weighted by molar-refractivity contribution is 0.415. The highest BCUT2D eigenvalue weighted by Gasteiger charge is 2.17. The molecule has 0 spiro atoms. The Morgan fingerprint density at radius 3 is 1.97 bits per heavy atom. The van der Waals surface area contributed by atoms with Crippen molar-refractivity contribution in [1.82, 2.24) is 9.97 Å². The zero-order valence-corrected chi connectivity index (χ0v) is 17.8. The zero-order valence-electron chi connectivity index (χ0n) is 17.0. The van der Waals surface area contributed by atoms with Crippen molar-refractivity contribution in [3.63, 3.8) is 0 Å². The number of hydrogen-bond donors (Lipinski definition) is 2. The van der Waals surface area contributed by atoms with E-state index in [4.69, 9.17) is 35.8 Å². The molecule has 0 aliphatic rings. The number of hydrogen-bond acceptors (Lipinski definition) is 6. The molecule has 5 rings (SSSR count). The van der Waals surface area contributed by atoms with Crippen molar-refractivity contribution in [2.75, 3.05) is 17.7 Å². The van der Waals surface area contributed by atoms with Crippen LogP contribution >= 0.6 is 12.2 Å². The van der Waals surface area contributed by atoms with Gasteiger partial charge in [0.05, 0.1) is 30.7 Å². The van der Waals surface area contributed by atoms with Gasteiger partial charge in [0, 0.05) is 11.4 Å². The fraction of sp³-hybridized carbons (Fsp3) is 0.0417. The van der Waals surface area contributed by atoms with Crippen molar-refractivity contribution >= 4 is 39.7 Å². The van der Waals surface area contributed by atoms with Crippen molar-refractivity contribution in [2.45, 2.75) is 0 Å². The summed E-state index contributed by atoms with van der Waals surface area (Å²) in [6.45, 7) is 0. The molecule has 3 heterocycles. The average molecular weight is 443 g/mol. The summed E-state index contributed by atoms with van der Waals surface area (Å²) in [7, 11) is 1.63. The minimum absolute atomic E-state index is 0.459. The van der Waals surface area contributed by atoms with Crippen LogP contribution in [0.25, 0.3) is 33.9 Å². The van der Waals surface area contributed by atoms with Gasteiger partial charge in [0.2, 0.25) is 0 Å². The quantitative estimate of drug-likeness (QED) is 0.322. The molecule has 158 valence electrons. The number of nitrogens with one attached hydrogen (secondary N) is 2. The lowest BCUT2D eigenvalue weighted by Crippen LogP contribution is -2.19. The molecule has 0 aliphatic carbocycles. The van der Waals surface area contributed by atoms with E-state index in [1.165, 1.54) is 0 Å². The summed E-state index contributed by atoms with van der Waals surface area (Å²) in [6, 6.07) is 20.5. The van der Waals surface area contributed by atoms with E-state index in [1.807, 2.05) is 66.7 Å². The first-order valence-electron chi connectivity index (χ1n) is 9.81. The molecule has 0 aliphatic heterocycles. The molecular formula is C24H18N4O3S. The van der Waals surface area contributed by atoms with Crippen LogP contribution in [0.4, 0.5) is 11.4 Å². The number of nitrogens with zero attached hydrogens (tertiary/aromatic N) is 2. The van der Waals surface area contributed by atoms with E-state index in [9.17, 15) is 0 Å². The van der Waals surface area contributed by atoms with Crippen LogP contribution in [0.15, 0.2) is 88.1 Å². The monoisotopic (exact) mass is 442 g/mol. The third-order valence-corrected chi connectivity index (χ3v) is 4.98. The second kappa shape index (κ2) is 8.52. The number of thiocarbonyl (C=S) groups is 1. The molecular weight excluding hydrogens is 424 g/mol. The van der Waals surface area contributed by atoms with Crippen LogP contribution < -0.4 is 15.4 Å². The Labute approximate surface area is 189 Å². The highest BCUT2D eigenvalue weighted by Crippen LogP contribution is 2.32. The molecule has 0 fully saturated rings. The number of anilines is 2. The Hall–Kier alpha value is -4.17. The molecule has 5 aromatic rings. The van der Waals surface area contributed by atoms with E-state index in [0.717, 1.165) is 22.6 Å². The molecule has 0 atom stereocenters. The van der Waals surface area contributed by atoms with Crippen molar-refractivity contribution in [1.29, 1.82) is 0 Å². The summed E-state index contributed by atoms with van der Waals surface area (Å²) >= 11 is 5.45. The molecule has 3 aromatic heterocycles. The lowest BCUT2D eigenvalue weighted by atomic mass is 10.1. The molecule has 0 amide bonds. The number of furan rings is 2. The van der Waals surface area contributed by atoms with Crippen LogP contribution in [0.2, 0.25) is 0 Å². The number of methoxy groups -OCH3 is 1. The third-order valence-electron chi connectivity index (χ3n) is 4.78. The third kappa shape index (κ3) is 4.03. The van der Waals surface area contributed by atoms with Gasteiger partial charge in [-0.3, -0.25) is 0 Å². The Bertz CT molecular complexity index is 1360. The molecule has 8 heteroatoms. The standard InChI is InChI=1S/C24H18N4O3S/c1-29-17-9-6-15(7-10-17)25-24(32)26-16-8-11-18-19(14-16)28-23(21-5-3-13-31-21)22(27-18)20-4-2-12-30-20/h2-14H,1H3,(H2,25,26,32). The Morgan fingerprint density at radius 1 is 0.781 bits per heavy atom. The summed E-state index contributed by atoms with van der Waals surface area (Å²) in [5, 5.41) is 6.80. The van der Waals surface area contributed by atoms with Crippen molar-refractivity contribution in [3.05, 3.63) is 79.3 Å². The van der Waals surface area contributed by atoms with E-state index in [1.54, 1.807) is 19.6 Å². The maximum absolute atomic E-state index is 5.59. The van der Waals surface area contributed by atoms with Gasteiger partial charge in [0.15, 0.2) is 16.6 Å². The van der Waals surface area contributed by atoms with Gasteiger partial charge < -0.3 is 24.2 Å². The van der Waals surface area contributed by atoms with Crippen LogP contribution in [-0.2, 0) is 0 Å². The van der Waals surface area contributed by atoms with Crippen molar-refractivity contribution in [3.8, 4) is 28.7 Å². The first kappa shape index (κ1) is 19.8. The molecule has 0 saturated heterocycles. The van der Waals surface area contributed by atoms with Gasteiger partial charge in [-0.1, -0.05) is 0 Å². The van der Waals surface area contributed by atoms with Gasteiger partial charge in [0.1, 0.15) is 17.1 Å². The largest absolute Gasteiger partial charge is 0.497 e. The highest BCUT2D eigenvalue weighted by atomic mass is 32.1. The van der Waals surface area contributed by atoms with Crippen LogP contribution in [-0.4, -0.2) is 22.2 Å². The van der Waals surface area contributed by atoms with Gasteiger partial charge in [-0.2, -0.15) is 0 Å². The number of ether oxygens (including phenoxy) is 1. The maximum atomic E-state index is 5.59. The summed E-state index contributed by atoms with van der Waals surface area (Å²) in [5.41, 5.74) is 4.29. The number of rotatable bonds is 5. The SMILES string of the molecule is COc1ccc(NC(=S)Nc2ccc3nc(-c4ccco4)c(-c4ccco4)nc3c2)cc1. The number of fused-ring (bicyclic) bond motifs is 1. The van der Waals surface area contributed by atoms with Gasteiger partial charge in [-0.25, -0.2) is 9.97 Å². The van der Waals surface area contributed by atoms with E-state index >= 15 is 0 Å². The Balaban J connectivity index is 1.44. The van der Waals surface area contributed by atoms with E-state index < -0.39 is 0 Å². The first-order chi connectivity index (χ1) is 15.7. The fourth-order valence-corrected chi connectivity index (χ4v) is 3.51. The summed E-state index contributed by atoms with van der Waals surface area (Å²) in [4.78, 5) is 9.58. The summed E-state index contributed by atoms with van der Waals surface area (Å²) in [5.74, 6) is 2.02. The van der Waals surface area contributed by atoms with Crippen LogP contribution in [0.3, 0.4) is 0 Å². The van der Waals surface area contributed by atoms with Crippen LogP contribution in [0.1, 0.15) is 0 Å². The normalized spacial score (nSPS) is 10.8. The molecule has 2 N–H and O–H groups in total. The predicted octanol–water partition coefficient (Wildman–Crippen LogP) is 5.97. The molecule has 2 aromatic carbocycles. The summed E-state index contributed by atoms with van der Waals surface area (Å²) < 4.78 is 16.3. The minimum atomic E-state index is 0.459. The van der Waals surface area contributed by atoms with Gasteiger partial charge in [-0.05, 0) is 78.9 Å². The van der Waals surface area contributed by atoms with E-state index in [-0.39, 0.29) is 0 Å². The van der Waals surface area contributed by atoms with Gasteiger partial charge in [-0.15, -0.1) is 0 Å². The van der Waals surface area contributed by atoms with Crippen LogP contribution in [0, 0.1) is 0 Å². The Kier molecular flexibility index (Phi) is 5.27. The highest BCUT2D eigenvalue weighted by molar-refractivity contribution is 7.80. The molecule has 32 heavy (non-hydrogen) atoms. The molecule has 0 saturated carbocycles. The predicted molar refractivity (Wildman–Crippen MR) is 128 cm³/mol. The molecule has 0 bridgehead atoms. The second-order valence-electron chi connectivity index (χ2n) is 6.89. The van der Waals surface area contributed by atoms with Crippen molar-refractivity contribution < 1.29 is 13.6 Å². The number of aromatic nitrogens is 2. The maximum Gasteiger partial charge on any atom is 0.175 e. The van der Waals surface area contributed by atoms with E-state index in [0.29, 0.717) is 33.5 Å². The summed E-state index contributed by atoms with van der Waals surface area (Å²) in [6.07, 6.45) is 3.21. The number of benzene rings is 2.